The van der Waals surface area contributed by atoms with E-state index in [1.807, 2.05) is 54.6 Å². The van der Waals surface area contributed by atoms with Crippen LogP contribution in [0.15, 0.2) is 91.0 Å². The van der Waals surface area contributed by atoms with Crippen LogP contribution in [0.4, 0.5) is 0 Å². The van der Waals surface area contributed by atoms with Gasteiger partial charge in [-0.3, -0.25) is 4.57 Å². The smallest absolute Gasteiger partial charge is 0.311 e. The molecule has 1 atom stereocenters. The first-order valence-electron chi connectivity index (χ1n) is 8.82. The molecule has 0 fully saturated rings. The Kier molecular flexibility index (Phi) is 8.67. The van der Waals surface area contributed by atoms with E-state index in [9.17, 15) is 4.57 Å². The molecular formula is C22H24BO3P2. The molecule has 0 bridgehead atoms. The van der Waals surface area contributed by atoms with Crippen molar-refractivity contribution in [1.29, 1.82) is 0 Å². The second-order valence-electron chi connectivity index (χ2n) is 6.12. The molecule has 0 heterocycles. The third kappa shape index (κ3) is 5.22. The Bertz CT molecular complexity index is 829. The number of hydrogen-bond acceptors (Lipinski definition) is 3. The van der Waals surface area contributed by atoms with Gasteiger partial charge in [0.05, 0.1) is 5.40 Å². The molecule has 6 heteroatoms. The summed E-state index contributed by atoms with van der Waals surface area (Å²) in [5.74, 6) is 0. The molecule has 3 rings (SSSR count). The standard InChI is InChI=1S/C22H24O3P2.B/c1-24-27(23,25-2)22(18-19-12-6-3-7-13-19)26(20-14-8-4-9-15-20)21-16-10-5-11-17-21;/h3-17,22H,18H2,1-2H3;. The second-order valence-corrected chi connectivity index (χ2v) is 11.4. The van der Waals surface area contributed by atoms with Gasteiger partial charge in [-0.05, 0) is 30.5 Å². The molecule has 0 saturated heterocycles. The summed E-state index contributed by atoms with van der Waals surface area (Å²) >= 11 is 0. The molecule has 0 N–H and O–H groups in total. The van der Waals surface area contributed by atoms with Crippen LogP contribution in [0.1, 0.15) is 5.56 Å². The van der Waals surface area contributed by atoms with Crippen molar-refractivity contribution in [2.75, 3.05) is 14.2 Å². The zero-order valence-corrected chi connectivity index (χ0v) is 17.9. The largest absolute Gasteiger partial charge is 0.338 e. The lowest BCUT2D eigenvalue weighted by Gasteiger charge is -2.32. The maximum Gasteiger partial charge on any atom is 0.338 e. The Morgan fingerprint density at radius 1 is 0.750 bits per heavy atom. The van der Waals surface area contributed by atoms with E-state index in [-0.39, 0.29) is 13.8 Å². The quantitative estimate of drug-likeness (QED) is 0.397. The van der Waals surface area contributed by atoms with Crippen molar-refractivity contribution in [2.45, 2.75) is 11.8 Å². The SMILES string of the molecule is COP(=O)(OC)C(Cc1ccccc1)P(c1ccccc1)c1ccccc1.[B]. The van der Waals surface area contributed by atoms with Gasteiger partial charge in [0.15, 0.2) is 0 Å². The van der Waals surface area contributed by atoms with Crippen molar-refractivity contribution in [3.63, 3.8) is 0 Å². The topological polar surface area (TPSA) is 35.5 Å². The Hall–Kier alpha value is -1.70. The maximum absolute atomic E-state index is 13.6. The van der Waals surface area contributed by atoms with E-state index in [4.69, 9.17) is 9.05 Å². The molecule has 28 heavy (non-hydrogen) atoms. The minimum absolute atomic E-state index is 0. The Balaban J connectivity index is 0.00000280. The van der Waals surface area contributed by atoms with Gasteiger partial charge < -0.3 is 9.05 Å². The van der Waals surface area contributed by atoms with Crippen molar-refractivity contribution in [3.05, 3.63) is 96.6 Å². The van der Waals surface area contributed by atoms with E-state index in [1.165, 1.54) is 14.2 Å². The van der Waals surface area contributed by atoms with Gasteiger partial charge in [-0.15, -0.1) is 0 Å². The predicted octanol–water partition coefficient (Wildman–Crippen LogP) is 4.79. The molecule has 143 valence electrons. The van der Waals surface area contributed by atoms with Crippen molar-refractivity contribution in [2.24, 2.45) is 0 Å². The molecule has 0 aliphatic heterocycles. The molecule has 0 spiro atoms. The number of hydrogen-bond donors (Lipinski definition) is 0. The predicted molar refractivity (Wildman–Crippen MR) is 120 cm³/mol. The van der Waals surface area contributed by atoms with Crippen LogP contribution in [0.25, 0.3) is 0 Å². The van der Waals surface area contributed by atoms with Gasteiger partial charge in [0, 0.05) is 22.6 Å². The molecule has 3 aromatic carbocycles. The highest BCUT2D eigenvalue weighted by atomic mass is 31.2. The summed E-state index contributed by atoms with van der Waals surface area (Å²) in [5, 5.41) is 2.04. The Labute approximate surface area is 171 Å². The first-order chi connectivity index (χ1) is 13.2. The van der Waals surface area contributed by atoms with E-state index >= 15 is 0 Å². The first-order valence-corrected chi connectivity index (χ1v) is 11.8. The summed E-state index contributed by atoms with van der Waals surface area (Å²) in [6.07, 6.45) is 0.620. The lowest BCUT2D eigenvalue weighted by Crippen LogP contribution is -2.25. The highest BCUT2D eigenvalue weighted by Gasteiger charge is 2.41. The fourth-order valence-corrected chi connectivity index (χ4v) is 9.09. The lowest BCUT2D eigenvalue weighted by atomic mass is 10.2. The Morgan fingerprint density at radius 3 is 1.54 bits per heavy atom. The van der Waals surface area contributed by atoms with E-state index in [0.717, 1.165) is 16.2 Å². The molecule has 3 aromatic rings. The summed E-state index contributed by atoms with van der Waals surface area (Å²) in [6, 6.07) is 30.6. The van der Waals surface area contributed by atoms with Crippen LogP contribution < -0.4 is 10.6 Å². The third-order valence-corrected chi connectivity index (χ3v) is 10.5. The Morgan fingerprint density at radius 2 is 1.14 bits per heavy atom. The number of benzene rings is 3. The molecule has 0 aliphatic rings. The zero-order chi connectivity index (χ0) is 19.1. The lowest BCUT2D eigenvalue weighted by molar-refractivity contribution is 0.273. The average molecular weight is 409 g/mol. The summed E-state index contributed by atoms with van der Waals surface area (Å²) in [4.78, 5) is 0. The molecule has 1 unspecified atom stereocenters. The van der Waals surface area contributed by atoms with Gasteiger partial charge in [-0.25, -0.2) is 0 Å². The summed E-state index contributed by atoms with van der Waals surface area (Å²) < 4.78 is 24.6. The van der Waals surface area contributed by atoms with Crippen LogP contribution in [0.5, 0.6) is 0 Å². The van der Waals surface area contributed by atoms with Gasteiger partial charge in [0.25, 0.3) is 0 Å². The first kappa shape index (κ1) is 22.6. The van der Waals surface area contributed by atoms with E-state index < -0.39 is 15.5 Å². The van der Waals surface area contributed by atoms with Crippen molar-refractivity contribution in [3.8, 4) is 0 Å². The minimum Gasteiger partial charge on any atom is -0.311 e. The second kappa shape index (κ2) is 10.7. The van der Waals surface area contributed by atoms with Gasteiger partial charge >= 0.3 is 7.60 Å². The maximum atomic E-state index is 13.6. The molecule has 0 amide bonds. The minimum atomic E-state index is -3.31. The highest BCUT2D eigenvalue weighted by molar-refractivity contribution is 7.83. The van der Waals surface area contributed by atoms with E-state index in [1.54, 1.807) is 0 Å². The van der Waals surface area contributed by atoms with E-state index in [2.05, 4.69) is 36.4 Å². The zero-order valence-electron chi connectivity index (χ0n) is 16.1. The summed E-state index contributed by atoms with van der Waals surface area (Å²) in [6.45, 7) is 0. The van der Waals surface area contributed by atoms with Crippen LogP contribution in [-0.4, -0.2) is 28.0 Å². The monoisotopic (exact) mass is 409 g/mol. The van der Waals surface area contributed by atoms with Crippen molar-refractivity contribution < 1.29 is 13.6 Å². The molecule has 3 nitrogen and oxygen atoms in total. The molecule has 0 saturated carbocycles. The fourth-order valence-electron chi connectivity index (χ4n) is 3.16. The van der Waals surface area contributed by atoms with Gasteiger partial charge in [0.2, 0.25) is 0 Å². The van der Waals surface area contributed by atoms with Gasteiger partial charge in [-0.1, -0.05) is 91.0 Å². The van der Waals surface area contributed by atoms with Gasteiger partial charge in [-0.2, -0.15) is 0 Å². The normalized spacial score (nSPS) is 12.4. The molecular weight excluding hydrogens is 385 g/mol. The van der Waals surface area contributed by atoms with Crippen LogP contribution in [0, 0.1) is 0 Å². The summed E-state index contributed by atoms with van der Waals surface area (Å²) in [5.41, 5.74) is 1.12. The van der Waals surface area contributed by atoms with Crippen LogP contribution in [0.3, 0.4) is 0 Å². The average Bonchev–Trinajstić information content (AvgIpc) is 2.75. The van der Waals surface area contributed by atoms with Crippen LogP contribution in [0.2, 0.25) is 0 Å². The number of rotatable bonds is 8. The molecule has 3 radical (unpaired) electrons. The van der Waals surface area contributed by atoms with Crippen molar-refractivity contribution in [1.82, 2.24) is 0 Å². The third-order valence-electron chi connectivity index (χ3n) is 4.50. The van der Waals surface area contributed by atoms with E-state index in [0.29, 0.717) is 6.42 Å². The fraction of sp³-hybridized carbons (Fsp3) is 0.182. The molecule has 0 aliphatic carbocycles. The van der Waals surface area contributed by atoms with Gasteiger partial charge in [0.1, 0.15) is 0 Å². The van der Waals surface area contributed by atoms with Crippen molar-refractivity contribution >= 4 is 34.5 Å². The molecule has 0 aromatic heterocycles. The van der Waals surface area contributed by atoms with Crippen LogP contribution >= 0.6 is 15.5 Å². The highest BCUT2D eigenvalue weighted by Crippen LogP contribution is 2.64. The van der Waals surface area contributed by atoms with Crippen LogP contribution in [-0.2, 0) is 20.0 Å². The summed E-state index contributed by atoms with van der Waals surface area (Å²) in [7, 11) is -1.31.